The van der Waals surface area contributed by atoms with Crippen LogP contribution in [0.2, 0.25) is 0 Å². The monoisotopic (exact) mass is 503 g/mol. The number of halogens is 3. The summed E-state index contributed by atoms with van der Waals surface area (Å²) in [6.07, 6.45) is -3.65. The Morgan fingerprint density at radius 1 is 1.05 bits per heavy atom. The Hall–Kier alpha value is -5.12. The Morgan fingerprint density at radius 2 is 1.86 bits per heavy atom. The number of Topliss-reactive ketones (excluding diaryl/α,β-unsaturated/α-hetero) is 1. The smallest absolute Gasteiger partial charge is 0.339 e. The van der Waals surface area contributed by atoms with E-state index < -0.39 is 17.5 Å². The van der Waals surface area contributed by atoms with E-state index in [1.807, 2.05) is 19.1 Å². The van der Waals surface area contributed by atoms with E-state index in [1.54, 1.807) is 35.8 Å². The Morgan fingerprint density at radius 3 is 2.54 bits per heavy atom. The predicted octanol–water partition coefficient (Wildman–Crippen LogP) is 4.37. The van der Waals surface area contributed by atoms with Crippen molar-refractivity contribution in [2.24, 2.45) is 0 Å². The fourth-order valence-corrected chi connectivity index (χ4v) is 3.69. The third-order valence-electron chi connectivity index (χ3n) is 5.43. The Balaban J connectivity index is 1.58. The lowest BCUT2D eigenvalue weighted by molar-refractivity contribution is -0.0885. The van der Waals surface area contributed by atoms with E-state index in [-0.39, 0.29) is 17.3 Å². The normalized spacial score (nSPS) is 11.5. The molecule has 1 N–H and O–H groups in total. The molecular weight excluding hydrogens is 487 g/mol. The molecule has 0 radical (unpaired) electrons. The number of nitrogens with one attached hydrogen (secondary N) is 1. The third-order valence-corrected chi connectivity index (χ3v) is 5.43. The first-order chi connectivity index (χ1) is 17.6. The van der Waals surface area contributed by atoms with Gasteiger partial charge in [-0.2, -0.15) is 28.6 Å². The lowest BCUT2D eigenvalue weighted by Gasteiger charge is -2.13. The summed E-state index contributed by atoms with van der Waals surface area (Å²) in [5, 5.41) is 24.4. The van der Waals surface area contributed by atoms with Crippen LogP contribution in [0.3, 0.4) is 0 Å². The van der Waals surface area contributed by atoms with E-state index in [0.29, 0.717) is 28.2 Å². The molecule has 37 heavy (non-hydrogen) atoms. The van der Waals surface area contributed by atoms with E-state index in [1.165, 1.54) is 18.5 Å². The van der Waals surface area contributed by atoms with Gasteiger partial charge in [-0.25, -0.2) is 14.6 Å². The van der Waals surface area contributed by atoms with Crippen LogP contribution in [0.15, 0.2) is 54.9 Å². The zero-order valence-electron chi connectivity index (χ0n) is 19.3. The maximum Gasteiger partial charge on any atom is 0.455 e. The highest BCUT2D eigenvalue weighted by atomic mass is 19.4. The fourth-order valence-electron chi connectivity index (χ4n) is 3.69. The van der Waals surface area contributed by atoms with Crippen molar-refractivity contribution in [2.45, 2.75) is 20.0 Å². The van der Waals surface area contributed by atoms with Crippen LogP contribution in [0.5, 0.6) is 0 Å². The molecule has 0 unspecified atom stereocenters. The maximum absolute atomic E-state index is 13.3. The lowest BCUT2D eigenvalue weighted by atomic mass is 10.1. The number of nitrogens with zero attached hydrogens (tertiary/aromatic N) is 8. The van der Waals surface area contributed by atoms with Gasteiger partial charge in [-0.15, -0.1) is 5.10 Å². The number of aromatic nitrogens is 7. The number of benzene rings is 1. The number of imidazole rings is 1. The number of carbonyl (C=O) groups is 1. The number of rotatable bonds is 5. The van der Waals surface area contributed by atoms with E-state index >= 15 is 0 Å². The van der Waals surface area contributed by atoms with Crippen LogP contribution in [0.4, 0.5) is 24.7 Å². The van der Waals surface area contributed by atoms with E-state index in [2.05, 4.69) is 30.6 Å². The zero-order chi connectivity index (χ0) is 26.3. The summed E-state index contributed by atoms with van der Waals surface area (Å²) in [4.78, 5) is 20.9. The van der Waals surface area contributed by atoms with Gasteiger partial charge in [0.05, 0.1) is 22.3 Å². The topological polar surface area (TPSA) is 127 Å². The second-order valence-corrected chi connectivity index (χ2v) is 8.07. The molecule has 0 bridgehead atoms. The van der Waals surface area contributed by atoms with Crippen LogP contribution in [0.1, 0.15) is 27.4 Å². The number of hydrogen-bond acceptors (Lipinski definition) is 8. The number of alkyl halides is 3. The van der Waals surface area contributed by atoms with Crippen molar-refractivity contribution < 1.29 is 18.0 Å². The standard InChI is InChI=1S/C24H16F3N9O/c1-13-3-7-20(33-32-13)30-15-4-6-19-18(10-15)29-12-35(19)21-8-5-17(22(37)24(25,26)27)23(31-21)36-14(2)9-16(11-28)34-36/h3-10,12H,1-2H3,(H,30,33). The Kier molecular flexibility index (Phi) is 5.63. The molecule has 0 aliphatic rings. The van der Waals surface area contributed by atoms with Crippen LogP contribution in [-0.4, -0.2) is 46.5 Å². The minimum atomic E-state index is -5.12. The van der Waals surface area contributed by atoms with E-state index in [4.69, 9.17) is 5.26 Å². The molecule has 4 heterocycles. The van der Waals surface area contributed by atoms with Crippen molar-refractivity contribution in [3.8, 4) is 17.7 Å². The molecule has 0 aliphatic carbocycles. The second-order valence-electron chi connectivity index (χ2n) is 8.07. The summed E-state index contributed by atoms with van der Waals surface area (Å²) in [5.41, 5.74) is 2.29. The number of anilines is 2. The Bertz CT molecular complexity index is 1700. The van der Waals surface area contributed by atoms with Gasteiger partial charge in [-0.1, -0.05) is 0 Å². The zero-order valence-corrected chi connectivity index (χ0v) is 19.3. The van der Waals surface area contributed by atoms with Gasteiger partial charge in [0.1, 0.15) is 18.2 Å². The van der Waals surface area contributed by atoms with Crippen LogP contribution in [-0.2, 0) is 0 Å². The molecule has 0 saturated heterocycles. The van der Waals surface area contributed by atoms with Crippen molar-refractivity contribution >= 4 is 28.3 Å². The maximum atomic E-state index is 13.3. The number of carbonyl (C=O) groups excluding carboxylic acids is 1. The molecule has 1 aromatic carbocycles. The van der Waals surface area contributed by atoms with E-state index in [0.717, 1.165) is 16.4 Å². The number of pyridine rings is 1. The molecule has 13 heteroatoms. The van der Waals surface area contributed by atoms with Crippen molar-refractivity contribution in [3.63, 3.8) is 0 Å². The van der Waals surface area contributed by atoms with Crippen molar-refractivity contribution in [1.29, 1.82) is 5.26 Å². The number of nitriles is 1. The van der Waals surface area contributed by atoms with Crippen LogP contribution in [0.25, 0.3) is 22.7 Å². The van der Waals surface area contributed by atoms with E-state index in [9.17, 15) is 18.0 Å². The summed E-state index contributed by atoms with van der Waals surface area (Å²) in [6, 6.07) is 14.5. The number of hydrogen-bond donors (Lipinski definition) is 1. The molecule has 0 aliphatic heterocycles. The molecule has 184 valence electrons. The minimum absolute atomic E-state index is 0.0264. The summed E-state index contributed by atoms with van der Waals surface area (Å²) in [5.74, 6) is -1.67. The van der Waals surface area contributed by atoms with Crippen molar-refractivity contribution in [2.75, 3.05) is 5.32 Å². The average Bonchev–Trinajstić information content (AvgIpc) is 3.47. The number of ketones is 1. The molecule has 5 rings (SSSR count). The quantitative estimate of drug-likeness (QED) is 0.350. The number of aryl methyl sites for hydroxylation is 2. The highest BCUT2D eigenvalue weighted by Crippen LogP contribution is 2.28. The van der Waals surface area contributed by atoms with Crippen LogP contribution in [0, 0.1) is 25.2 Å². The van der Waals surface area contributed by atoms with Gasteiger partial charge in [-0.3, -0.25) is 9.36 Å². The predicted molar refractivity (Wildman–Crippen MR) is 126 cm³/mol. The van der Waals surface area contributed by atoms with Gasteiger partial charge < -0.3 is 5.32 Å². The summed E-state index contributed by atoms with van der Waals surface area (Å²) in [6.45, 7) is 3.38. The molecule has 0 spiro atoms. The molecule has 0 amide bonds. The molecule has 0 atom stereocenters. The number of fused-ring (bicyclic) bond motifs is 1. The lowest BCUT2D eigenvalue weighted by Crippen LogP contribution is -2.25. The van der Waals surface area contributed by atoms with Gasteiger partial charge in [-0.05, 0) is 62.4 Å². The molecule has 0 saturated carbocycles. The Labute approximate surface area is 207 Å². The molecule has 0 fully saturated rings. The van der Waals surface area contributed by atoms with Gasteiger partial charge in [0.15, 0.2) is 17.3 Å². The van der Waals surface area contributed by atoms with Gasteiger partial charge in [0, 0.05) is 11.4 Å². The fraction of sp³-hybridized carbons (Fsp3) is 0.125. The first kappa shape index (κ1) is 23.6. The molecule has 10 nitrogen and oxygen atoms in total. The van der Waals surface area contributed by atoms with Crippen molar-refractivity contribution in [3.05, 3.63) is 77.5 Å². The van der Waals surface area contributed by atoms with Gasteiger partial charge in [0.2, 0.25) is 0 Å². The first-order valence-corrected chi connectivity index (χ1v) is 10.8. The highest BCUT2D eigenvalue weighted by molar-refractivity contribution is 6.02. The molecule has 5 aromatic rings. The summed E-state index contributed by atoms with van der Waals surface area (Å²) >= 11 is 0. The summed E-state index contributed by atoms with van der Waals surface area (Å²) in [7, 11) is 0. The average molecular weight is 503 g/mol. The van der Waals surface area contributed by atoms with Gasteiger partial charge in [0.25, 0.3) is 5.78 Å². The SMILES string of the molecule is Cc1ccc(Nc2ccc3c(c2)ncn3-c2ccc(C(=O)C(F)(F)F)c(-n3nc(C#N)cc3C)n2)nn1. The summed E-state index contributed by atoms with van der Waals surface area (Å²) < 4.78 is 42.5. The molecule has 4 aromatic heterocycles. The molecular formula is C24H16F3N9O. The van der Waals surface area contributed by atoms with Crippen LogP contribution >= 0.6 is 0 Å². The first-order valence-electron chi connectivity index (χ1n) is 10.8. The largest absolute Gasteiger partial charge is 0.455 e. The van der Waals surface area contributed by atoms with Gasteiger partial charge >= 0.3 is 6.18 Å². The minimum Gasteiger partial charge on any atom is -0.339 e. The second kappa shape index (κ2) is 8.83. The van der Waals surface area contributed by atoms with Crippen molar-refractivity contribution in [1.82, 2.24) is 34.5 Å². The highest BCUT2D eigenvalue weighted by Gasteiger charge is 2.41. The third kappa shape index (κ3) is 4.47. The van der Waals surface area contributed by atoms with Crippen LogP contribution < -0.4 is 5.32 Å².